The summed E-state index contributed by atoms with van der Waals surface area (Å²) in [5.41, 5.74) is 2.63. The monoisotopic (exact) mass is 355 g/mol. The van der Waals surface area contributed by atoms with Gasteiger partial charge in [0.1, 0.15) is 11.5 Å². The molecule has 1 saturated heterocycles. The predicted molar refractivity (Wildman–Crippen MR) is 96.9 cm³/mol. The molecule has 1 atom stereocenters. The third-order valence-electron chi connectivity index (χ3n) is 4.74. The lowest BCUT2D eigenvalue weighted by Crippen LogP contribution is -2.25. The highest BCUT2D eigenvalue weighted by molar-refractivity contribution is 5.34. The highest BCUT2D eigenvalue weighted by Gasteiger charge is 2.23. The Kier molecular flexibility index (Phi) is 6.26. The molecule has 1 unspecified atom stereocenters. The van der Waals surface area contributed by atoms with Crippen LogP contribution in [-0.2, 0) is 11.3 Å². The zero-order valence-corrected chi connectivity index (χ0v) is 15.4. The lowest BCUT2D eigenvalue weighted by molar-refractivity contribution is 0.0455. The van der Waals surface area contributed by atoms with Crippen molar-refractivity contribution in [2.45, 2.75) is 39.4 Å². The molecule has 138 valence electrons. The van der Waals surface area contributed by atoms with E-state index in [0.717, 1.165) is 55.2 Å². The lowest BCUT2D eigenvalue weighted by atomic mass is 10.2. The zero-order chi connectivity index (χ0) is 18.4. The van der Waals surface area contributed by atoms with E-state index in [1.54, 1.807) is 12.1 Å². The second-order valence-corrected chi connectivity index (χ2v) is 6.66. The second kappa shape index (κ2) is 8.84. The highest BCUT2D eigenvalue weighted by atomic mass is 16.5. The van der Waals surface area contributed by atoms with Crippen LogP contribution < -0.4 is 4.74 Å². The molecule has 0 radical (unpaired) electrons. The van der Waals surface area contributed by atoms with Gasteiger partial charge < -0.3 is 18.9 Å². The van der Waals surface area contributed by atoms with Gasteiger partial charge in [-0.25, -0.2) is 0 Å². The fraction of sp³-hybridized carbons (Fsp3) is 0.500. The molecule has 1 fully saturated rings. The second-order valence-electron chi connectivity index (χ2n) is 6.66. The summed E-state index contributed by atoms with van der Waals surface area (Å²) < 4.78 is 16.9. The fourth-order valence-electron chi connectivity index (χ4n) is 3.15. The molecule has 0 bridgehead atoms. The van der Waals surface area contributed by atoms with Gasteiger partial charge in [-0.1, -0.05) is 5.16 Å². The van der Waals surface area contributed by atoms with Crippen molar-refractivity contribution in [3.05, 3.63) is 46.8 Å². The first kappa shape index (κ1) is 18.4. The molecular weight excluding hydrogens is 330 g/mol. The molecule has 1 aromatic carbocycles. The van der Waals surface area contributed by atoms with Gasteiger partial charge in [0, 0.05) is 25.2 Å². The summed E-state index contributed by atoms with van der Waals surface area (Å²) in [4.78, 5) is 2.42. The first-order valence-corrected chi connectivity index (χ1v) is 9.04. The predicted octanol–water partition coefficient (Wildman–Crippen LogP) is 3.22. The van der Waals surface area contributed by atoms with Crippen LogP contribution in [0.1, 0.15) is 35.4 Å². The third kappa shape index (κ3) is 4.84. The van der Waals surface area contributed by atoms with Gasteiger partial charge >= 0.3 is 0 Å². The minimum atomic E-state index is 0.267. The number of hydrogen-bond acceptors (Lipinski definition) is 6. The van der Waals surface area contributed by atoms with Crippen LogP contribution in [-0.4, -0.2) is 42.4 Å². The van der Waals surface area contributed by atoms with Crippen molar-refractivity contribution >= 4 is 0 Å². The van der Waals surface area contributed by atoms with Crippen LogP contribution in [0.15, 0.2) is 28.8 Å². The normalized spacial score (nSPS) is 17.3. The van der Waals surface area contributed by atoms with Crippen LogP contribution in [0.4, 0.5) is 0 Å². The molecule has 0 amide bonds. The molecule has 1 aromatic heterocycles. The maximum atomic E-state index is 8.79. The van der Waals surface area contributed by atoms with E-state index in [4.69, 9.17) is 19.3 Å². The van der Waals surface area contributed by atoms with Crippen molar-refractivity contribution in [2.24, 2.45) is 0 Å². The van der Waals surface area contributed by atoms with E-state index in [2.05, 4.69) is 16.1 Å². The number of nitrogens with zero attached hydrogens (tertiary/aromatic N) is 3. The van der Waals surface area contributed by atoms with Gasteiger partial charge in [0.05, 0.1) is 36.6 Å². The largest absolute Gasteiger partial charge is 0.494 e. The van der Waals surface area contributed by atoms with Gasteiger partial charge in [-0.2, -0.15) is 5.26 Å². The van der Waals surface area contributed by atoms with E-state index in [-0.39, 0.29) is 6.10 Å². The Morgan fingerprint density at radius 2 is 2.12 bits per heavy atom. The molecule has 26 heavy (non-hydrogen) atoms. The summed E-state index contributed by atoms with van der Waals surface area (Å²) in [6.07, 6.45) is 2.29. The standard InChI is InChI=1S/C20H25N3O3/c1-15-20(16(2)26-22-15)14-25-19-8-10-23(13-19)9-3-11-24-18-6-4-17(12-21)5-7-18/h4-7,19H,3,8-11,13-14H2,1-2H3. The summed E-state index contributed by atoms with van der Waals surface area (Å²) >= 11 is 0. The summed E-state index contributed by atoms with van der Waals surface area (Å²) in [5.74, 6) is 1.66. The van der Waals surface area contributed by atoms with E-state index in [9.17, 15) is 0 Å². The zero-order valence-electron chi connectivity index (χ0n) is 15.4. The lowest BCUT2D eigenvalue weighted by Gasteiger charge is -2.16. The topological polar surface area (TPSA) is 71.5 Å². The minimum absolute atomic E-state index is 0.267. The number of hydrogen-bond donors (Lipinski definition) is 0. The summed E-state index contributed by atoms with van der Waals surface area (Å²) in [5, 5.41) is 12.8. The van der Waals surface area contributed by atoms with Crippen LogP contribution in [0.5, 0.6) is 5.75 Å². The average Bonchev–Trinajstić information content (AvgIpc) is 3.24. The quantitative estimate of drug-likeness (QED) is 0.677. The van der Waals surface area contributed by atoms with E-state index >= 15 is 0 Å². The molecule has 1 aliphatic rings. The molecule has 0 aliphatic carbocycles. The molecule has 6 nitrogen and oxygen atoms in total. The summed E-state index contributed by atoms with van der Waals surface area (Å²) in [6.45, 7) is 8.14. The van der Waals surface area contributed by atoms with Crippen LogP contribution >= 0.6 is 0 Å². The fourth-order valence-corrected chi connectivity index (χ4v) is 3.15. The van der Waals surface area contributed by atoms with Gasteiger partial charge in [-0.05, 0) is 51.0 Å². The van der Waals surface area contributed by atoms with Crippen molar-refractivity contribution in [3.63, 3.8) is 0 Å². The summed E-state index contributed by atoms with van der Waals surface area (Å²) in [7, 11) is 0. The van der Waals surface area contributed by atoms with E-state index in [1.165, 1.54) is 0 Å². The Balaban J connectivity index is 1.32. The molecule has 6 heteroatoms. The first-order chi connectivity index (χ1) is 12.7. The molecule has 0 N–H and O–H groups in total. The first-order valence-electron chi connectivity index (χ1n) is 9.04. The SMILES string of the molecule is Cc1noc(C)c1COC1CCN(CCCOc2ccc(C#N)cc2)C1. The van der Waals surface area contributed by atoms with Crippen LogP contribution in [0, 0.1) is 25.2 Å². The Bertz CT molecular complexity index is 729. The van der Waals surface area contributed by atoms with E-state index in [0.29, 0.717) is 18.8 Å². The number of benzene rings is 1. The Morgan fingerprint density at radius 1 is 1.31 bits per heavy atom. The molecule has 3 rings (SSSR count). The number of rotatable bonds is 8. The van der Waals surface area contributed by atoms with Crippen molar-refractivity contribution < 1.29 is 14.0 Å². The van der Waals surface area contributed by atoms with Crippen molar-refractivity contribution in [1.29, 1.82) is 5.26 Å². The molecule has 2 aromatic rings. The van der Waals surface area contributed by atoms with Crippen LogP contribution in [0.25, 0.3) is 0 Å². The molecular formula is C20H25N3O3. The average molecular weight is 355 g/mol. The molecule has 0 spiro atoms. The number of aryl methyl sites for hydroxylation is 2. The van der Waals surface area contributed by atoms with Gasteiger partial charge in [0.15, 0.2) is 0 Å². The number of likely N-dealkylation sites (tertiary alicyclic amines) is 1. The van der Waals surface area contributed by atoms with Crippen molar-refractivity contribution in [1.82, 2.24) is 10.1 Å². The molecule has 1 aliphatic heterocycles. The maximum absolute atomic E-state index is 8.79. The van der Waals surface area contributed by atoms with Crippen LogP contribution in [0.3, 0.4) is 0 Å². The van der Waals surface area contributed by atoms with Gasteiger partial charge in [-0.3, -0.25) is 0 Å². The van der Waals surface area contributed by atoms with Crippen molar-refractivity contribution in [3.8, 4) is 11.8 Å². The molecule has 2 heterocycles. The Labute approximate surface area is 154 Å². The smallest absolute Gasteiger partial charge is 0.139 e. The van der Waals surface area contributed by atoms with Crippen molar-refractivity contribution in [2.75, 3.05) is 26.2 Å². The minimum Gasteiger partial charge on any atom is -0.494 e. The Morgan fingerprint density at radius 3 is 2.81 bits per heavy atom. The number of ether oxygens (including phenoxy) is 2. The number of aromatic nitrogens is 1. The van der Waals surface area contributed by atoms with Gasteiger partial charge in [0.2, 0.25) is 0 Å². The van der Waals surface area contributed by atoms with Gasteiger partial charge in [0.25, 0.3) is 0 Å². The third-order valence-corrected chi connectivity index (χ3v) is 4.74. The van der Waals surface area contributed by atoms with E-state index in [1.807, 2.05) is 26.0 Å². The van der Waals surface area contributed by atoms with Crippen LogP contribution in [0.2, 0.25) is 0 Å². The van der Waals surface area contributed by atoms with E-state index < -0.39 is 0 Å². The maximum Gasteiger partial charge on any atom is 0.139 e. The highest BCUT2D eigenvalue weighted by Crippen LogP contribution is 2.19. The summed E-state index contributed by atoms with van der Waals surface area (Å²) in [6, 6.07) is 9.33. The molecule has 0 saturated carbocycles. The number of nitriles is 1. The van der Waals surface area contributed by atoms with Gasteiger partial charge in [-0.15, -0.1) is 0 Å². The Hall–Kier alpha value is -2.36.